The van der Waals surface area contributed by atoms with Crippen LogP contribution >= 0.6 is 15.9 Å². The third kappa shape index (κ3) is 6.07. The standard InChI is InChI=1S/C10H12BrFO3S/c11-9-3-5-10(6-4-9)15-7-1-2-8-16(12,13)14/h3-6H,1-2,7-8H2. The van der Waals surface area contributed by atoms with E-state index in [1.165, 1.54) is 0 Å². The SMILES string of the molecule is O=S(=O)(F)CCCCOc1ccc(Br)cc1. The van der Waals surface area contributed by atoms with Gasteiger partial charge in [-0.3, -0.25) is 0 Å². The minimum atomic E-state index is -4.34. The number of unbranched alkanes of at least 4 members (excludes halogenated alkanes) is 1. The first kappa shape index (κ1) is 13.4. The first-order valence-electron chi connectivity index (χ1n) is 4.78. The third-order valence-corrected chi connectivity index (χ3v) is 3.17. The van der Waals surface area contributed by atoms with E-state index >= 15 is 0 Å². The summed E-state index contributed by atoms with van der Waals surface area (Å²) in [6.07, 6.45) is 0.786. The maximum absolute atomic E-state index is 12.1. The van der Waals surface area contributed by atoms with Crippen LogP contribution in [-0.2, 0) is 10.2 Å². The molecule has 90 valence electrons. The van der Waals surface area contributed by atoms with Crippen LogP contribution in [0.4, 0.5) is 3.89 Å². The summed E-state index contributed by atoms with van der Waals surface area (Å²) in [6.45, 7) is 0.386. The second kappa shape index (κ2) is 6.20. The van der Waals surface area contributed by atoms with E-state index in [1.54, 1.807) is 12.1 Å². The third-order valence-electron chi connectivity index (χ3n) is 1.86. The predicted molar refractivity (Wildman–Crippen MR) is 63.8 cm³/mol. The molecule has 0 aromatic heterocycles. The van der Waals surface area contributed by atoms with Gasteiger partial charge in [0.1, 0.15) is 5.75 Å². The van der Waals surface area contributed by atoms with Crippen LogP contribution < -0.4 is 4.74 Å². The summed E-state index contributed by atoms with van der Waals surface area (Å²) >= 11 is 3.30. The van der Waals surface area contributed by atoms with E-state index in [1.807, 2.05) is 12.1 Å². The molecule has 0 aliphatic heterocycles. The van der Waals surface area contributed by atoms with Crippen LogP contribution in [-0.4, -0.2) is 20.8 Å². The Balaban J connectivity index is 2.19. The Morgan fingerprint density at radius 3 is 2.38 bits per heavy atom. The average molecular weight is 311 g/mol. The molecular formula is C10H12BrFO3S. The Morgan fingerprint density at radius 1 is 1.19 bits per heavy atom. The van der Waals surface area contributed by atoms with Gasteiger partial charge in [0.15, 0.2) is 0 Å². The molecule has 0 unspecified atom stereocenters. The highest BCUT2D eigenvalue weighted by Gasteiger charge is 2.05. The minimum absolute atomic E-state index is 0.273. The van der Waals surface area contributed by atoms with E-state index in [0.29, 0.717) is 18.8 Å². The normalized spacial score (nSPS) is 11.4. The molecule has 0 aliphatic carbocycles. The van der Waals surface area contributed by atoms with E-state index in [4.69, 9.17) is 4.74 Å². The molecule has 0 saturated carbocycles. The number of hydrogen-bond donors (Lipinski definition) is 0. The number of hydrogen-bond acceptors (Lipinski definition) is 3. The maximum Gasteiger partial charge on any atom is 0.302 e. The van der Waals surface area contributed by atoms with E-state index in [2.05, 4.69) is 15.9 Å². The van der Waals surface area contributed by atoms with Gasteiger partial charge >= 0.3 is 10.2 Å². The number of rotatable bonds is 6. The topological polar surface area (TPSA) is 43.4 Å². The van der Waals surface area contributed by atoms with Crippen molar-refractivity contribution >= 4 is 26.2 Å². The summed E-state index contributed by atoms with van der Waals surface area (Å²) < 4.78 is 38.8. The lowest BCUT2D eigenvalue weighted by atomic mass is 10.3. The smallest absolute Gasteiger partial charge is 0.302 e. The molecule has 0 N–H and O–H groups in total. The zero-order valence-electron chi connectivity index (χ0n) is 8.53. The van der Waals surface area contributed by atoms with E-state index < -0.39 is 16.0 Å². The van der Waals surface area contributed by atoms with Gasteiger partial charge in [-0.05, 0) is 37.1 Å². The molecule has 16 heavy (non-hydrogen) atoms. The maximum atomic E-state index is 12.1. The largest absolute Gasteiger partial charge is 0.494 e. The Morgan fingerprint density at radius 2 is 1.81 bits per heavy atom. The molecule has 1 rings (SSSR count). The zero-order chi connectivity index (χ0) is 12.0. The Labute approximate surface area is 103 Å². The van der Waals surface area contributed by atoms with Crippen LogP contribution in [0.3, 0.4) is 0 Å². The lowest BCUT2D eigenvalue weighted by Crippen LogP contribution is -2.02. The minimum Gasteiger partial charge on any atom is -0.494 e. The van der Waals surface area contributed by atoms with E-state index in [0.717, 1.165) is 4.47 Å². The van der Waals surface area contributed by atoms with Crippen molar-refractivity contribution in [1.82, 2.24) is 0 Å². The van der Waals surface area contributed by atoms with Gasteiger partial charge in [-0.15, -0.1) is 3.89 Å². The summed E-state index contributed by atoms with van der Waals surface area (Å²) in [5, 5.41) is 0. The lowest BCUT2D eigenvalue weighted by Gasteiger charge is -2.05. The molecule has 0 spiro atoms. The summed E-state index contributed by atoms with van der Waals surface area (Å²) in [5.74, 6) is 0.280. The molecule has 3 nitrogen and oxygen atoms in total. The van der Waals surface area contributed by atoms with Gasteiger partial charge in [0.25, 0.3) is 0 Å². The Kier molecular flexibility index (Phi) is 5.21. The van der Waals surface area contributed by atoms with Gasteiger partial charge in [0.2, 0.25) is 0 Å². The molecule has 6 heteroatoms. The highest BCUT2D eigenvalue weighted by molar-refractivity contribution is 9.10. The number of halogens is 2. The Hall–Kier alpha value is -0.620. The van der Waals surface area contributed by atoms with Crippen molar-refractivity contribution in [3.05, 3.63) is 28.7 Å². The number of ether oxygens (including phenoxy) is 1. The fourth-order valence-corrected chi connectivity index (χ4v) is 1.91. The average Bonchev–Trinajstić information content (AvgIpc) is 2.19. The van der Waals surface area contributed by atoms with Gasteiger partial charge in [-0.25, -0.2) is 0 Å². The molecule has 0 fully saturated rings. The first-order chi connectivity index (χ1) is 7.47. The van der Waals surface area contributed by atoms with Crippen LogP contribution in [0.15, 0.2) is 28.7 Å². The molecular weight excluding hydrogens is 299 g/mol. The van der Waals surface area contributed by atoms with Gasteiger partial charge in [0.05, 0.1) is 12.4 Å². The van der Waals surface area contributed by atoms with Crippen molar-refractivity contribution in [2.45, 2.75) is 12.8 Å². The van der Waals surface area contributed by atoms with Gasteiger partial charge in [0, 0.05) is 4.47 Å². The molecule has 1 aromatic rings. The predicted octanol–water partition coefficient (Wildman–Crippen LogP) is 2.91. The Bertz CT molecular complexity index is 416. The van der Waals surface area contributed by atoms with Crippen molar-refractivity contribution in [3.8, 4) is 5.75 Å². The van der Waals surface area contributed by atoms with Crippen molar-refractivity contribution in [1.29, 1.82) is 0 Å². The molecule has 0 bridgehead atoms. The van der Waals surface area contributed by atoms with Crippen LogP contribution in [0.1, 0.15) is 12.8 Å². The van der Waals surface area contributed by atoms with Crippen LogP contribution in [0, 0.1) is 0 Å². The quantitative estimate of drug-likeness (QED) is 0.599. The highest BCUT2D eigenvalue weighted by atomic mass is 79.9. The summed E-state index contributed by atoms with van der Waals surface area (Å²) in [6, 6.07) is 7.30. The number of benzene rings is 1. The second-order valence-electron chi connectivity index (χ2n) is 3.25. The molecule has 0 aliphatic rings. The van der Waals surface area contributed by atoms with E-state index in [9.17, 15) is 12.3 Å². The van der Waals surface area contributed by atoms with Crippen LogP contribution in [0.5, 0.6) is 5.75 Å². The summed E-state index contributed by atoms with van der Waals surface area (Å²) in [5.41, 5.74) is 0. The molecule has 0 amide bonds. The van der Waals surface area contributed by atoms with Gasteiger partial charge < -0.3 is 4.74 Å². The molecule has 0 saturated heterocycles. The molecule has 1 aromatic carbocycles. The second-order valence-corrected chi connectivity index (χ2v) is 5.65. The van der Waals surface area contributed by atoms with Crippen LogP contribution in [0.2, 0.25) is 0 Å². The molecule has 0 radical (unpaired) electrons. The van der Waals surface area contributed by atoms with Crippen LogP contribution in [0.25, 0.3) is 0 Å². The van der Waals surface area contributed by atoms with Crippen molar-refractivity contribution in [2.75, 3.05) is 12.4 Å². The fourth-order valence-electron chi connectivity index (χ4n) is 1.10. The lowest BCUT2D eigenvalue weighted by molar-refractivity contribution is 0.309. The monoisotopic (exact) mass is 310 g/mol. The fraction of sp³-hybridized carbons (Fsp3) is 0.400. The zero-order valence-corrected chi connectivity index (χ0v) is 10.9. The van der Waals surface area contributed by atoms with Crippen molar-refractivity contribution in [3.63, 3.8) is 0 Å². The van der Waals surface area contributed by atoms with E-state index in [-0.39, 0.29) is 6.42 Å². The van der Waals surface area contributed by atoms with Gasteiger partial charge in [-0.1, -0.05) is 15.9 Å². The van der Waals surface area contributed by atoms with Gasteiger partial charge in [-0.2, -0.15) is 8.42 Å². The summed E-state index contributed by atoms with van der Waals surface area (Å²) in [4.78, 5) is 0. The highest BCUT2D eigenvalue weighted by Crippen LogP contribution is 2.16. The summed E-state index contributed by atoms with van der Waals surface area (Å²) in [7, 11) is -4.34. The molecule has 0 atom stereocenters. The first-order valence-corrected chi connectivity index (χ1v) is 7.13. The van der Waals surface area contributed by atoms with Crippen molar-refractivity contribution < 1.29 is 17.0 Å². The van der Waals surface area contributed by atoms with Crippen molar-refractivity contribution in [2.24, 2.45) is 0 Å². The molecule has 0 heterocycles.